The van der Waals surface area contributed by atoms with E-state index in [0.717, 1.165) is 25.9 Å². The molecule has 20 heavy (non-hydrogen) atoms. The predicted octanol–water partition coefficient (Wildman–Crippen LogP) is 1.85. The molecule has 0 saturated carbocycles. The molecule has 116 valence electrons. The Hall–Kier alpha value is -0.610. The third-order valence-corrected chi connectivity index (χ3v) is 5.17. The zero-order valence-corrected chi connectivity index (χ0v) is 13.6. The van der Waals surface area contributed by atoms with Gasteiger partial charge < -0.3 is 10.2 Å². The van der Waals surface area contributed by atoms with Crippen LogP contribution in [0.15, 0.2) is 0 Å². The minimum absolute atomic E-state index is 0.0277. The third kappa shape index (κ3) is 3.17. The highest BCUT2D eigenvalue weighted by Gasteiger charge is 2.38. The van der Waals surface area contributed by atoms with Crippen molar-refractivity contribution in [3.8, 4) is 0 Å². The Bertz CT molecular complexity index is 322. The Labute approximate surface area is 123 Å². The SMILES string of the molecule is CNCC1CCCCN1C(=O)C(C)N1C(C)CCC1C. The molecule has 0 radical (unpaired) electrons. The molecule has 4 atom stereocenters. The summed E-state index contributed by atoms with van der Waals surface area (Å²) in [5, 5.41) is 3.24. The van der Waals surface area contributed by atoms with E-state index in [-0.39, 0.29) is 6.04 Å². The van der Waals surface area contributed by atoms with E-state index in [9.17, 15) is 4.79 Å². The van der Waals surface area contributed by atoms with E-state index in [1.165, 1.54) is 19.3 Å². The molecule has 0 spiro atoms. The third-order valence-electron chi connectivity index (χ3n) is 5.17. The minimum atomic E-state index is 0.0277. The molecule has 0 aliphatic carbocycles. The molecule has 4 unspecified atom stereocenters. The number of piperidine rings is 1. The summed E-state index contributed by atoms with van der Waals surface area (Å²) in [4.78, 5) is 17.5. The molecule has 2 saturated heterocycles. The van der Waals surface area contributed by atoms with Crippen LogP contribution in [0.5, 0.6) is 0 Å². The Kier molecular flexibility index (Phi) is 5.44. The number of hydrogen-bond acceptors (Lipinski definition) is 3. The molecule has 2 rings (SSSR count). The lowest BCUT2D eigenvalue weighted by Gasteiger charge is -2.40. The number of likely N-dealkylation sites (tertiary alicyclic amines) is 2. The Morgan fingerprint density at radius 3 is 2.45 bits per heavy atom. The first-order chi connectivity index (χ1) is 9.56. The summed E-state index contributed by atoms with van der Waals surface area (Å²) in [5.74, 6) is 0.338. The van der Waals surface area contributed by atoms with Gasteiger partial charge in [0.25, 0.3) is 0 Å². The van der Waals surface area contributed by atoms with Crippen LogP contribution in [0.2, 0.25) is 0 Å². The second kappa shape index (κ2) is 6.90. The zero-order chi connectivity index (χ0) is 14.7. The summed E-state index contributed by atoms with van der Waals surface area (Å²) < 4.78 is 0. The van der Waals surface area contributed by atoms with Gasteiger partial charge in [-0.05, 0) is 59.9 Å². The van der Waals surface area contributed by atoms with E-state index in [2.05, 4.69) is 35.9 Å². The first-order valence-corrected chi connectivity index (χ1v) is 8.28. The van der Waals surface area contributed by atoms with E-state index in [1.807, 2.05) is 7.05 Å². The number of amides is 1. The first-order valence-electron chi connectivity index (χ1n) is 8.28. The van der Waals surface area contributed by atoms with Crippen LogP contribution in [-0.2, 0) is 4.79 Å². The van der Waals surface area contributed by atoms with Gasteiger partial charge in [-0.3, -0.25) is 9.69 Å². The lowest BCUT2D eigenvalue weighted by molar-refractivity contribution is -0.141. The van der Waals surface area contributed by atoms with Gasteiger partial charge in [0.15, 0.2) is 0 Å². The highest BCUT2D eigenvalue weighted by molar-refractivity contribution is 5.82. The maximum absolute atomic E-state index is 12.9. The number of likely N-dealkylation sites (N-methyl/N-ethyl adjacent to an activating group) is 1. The monoisotopic (exact) mass is 281 g/mol. The van der Waals surface area contributed by atoms with Crippen LogP contribution >= 0.6 is 0 Å². The minimum Gasteiger partial charge on any atom is -0.337 e. The van der Waals surface area contributed by atoms with Crippen LogP contribution in [-0.4, -0.2) is 60.0 Å². The summed E-state index contributed by atoms with van der Waals surface area (Å²) >= 11 is 0. The van der Waals surface area contributed by atoms with Crippen LogP contribution in [0.3, 0.4) is 0 Å². The summed E-state index contributed by atoms with van der Waals surface area (Å²) in [6, 6.07) is 1.49. The highest BCUT2D eigenvalue weighted by Crippen LogP contribution is 2.28. The topological polar surface area (TPSA) is 35.6 Å². The summed E-state index contributed by atoms with van der Waals surface area (Å²) in [5.41, 5.74) is 0. The molecule has 4 heteroatoms. The quantitative estimate of drug-likeness (QED) is 0.854. The molecule has 0 bridgehead atoms. The standard InChI is InChI=1S/C16H31N3O/c1-12-8-9-13(2)19(12)14(3)16(20)18-10-6-5-7-15(18)11-17-4/h12-15,17H,5-11H2,1-4H3. The molecule has 0 aromatic rings. The van der Waals surface area contributed by atoms with Gasteiger partial charge in [0.1, 0.15) is 0 Å². The number of carbonyl (C=O) groups excluding carboxylic acids is 1. The Morgan fingerprint density at radius 1 is 1.20 bits per heavy atom. The molecular weight excluding hydrogens is 250 g/mol. The molecule has 2 fully saturated rings. The maximum Gasteiger partial charge on any atom is 0.239 e. The van der Waals surface area contributed by atoms with Crippen molar-refractivity contribution in [1.29, 1.82) is 0 Å². The van der Waals surface area contributed by atoms with Crippen molar-refractivity contribution >= 4 is 5.91 Å². The van der Waals surface area contributed by atoms with Crippen LogP contribution in [0.4, 0.5) is 0 Å². The van der Waals surface area contributed by atoms with Gasteiger partial charge in [-0.15, -0.1) is 0 Å². The lowest BCUT2D eigenvalue weighted by Crippen LogP contribution is -2.56. The van der Waals surface area contributed by atoms with E-state index >= 15 is 0 Å². The average molecular weight is 281 g/mol. The fourth-order valence-electron chi connectivity index (χ4n) is 4.08. The highest BCUT2D eigenvalue weighted by atomic mass is 16.2. The molecule has 2 aliphatic rings. The van der Waals surface area contributed by atoms with Crippen LogP contribution in [0.25, 0.3) is 0 Å². The van der Waals surface area contributed by atoms with Crippen molar-refractivity contribution in [2.24, 2.45) is 0 Å². The molecular formula is C16H31N3O. The van der Waals surface area contributed by atoms with Crippen LogP contribution in [0, 0.1) is 0 Å². The average Bonchev–Trinajstić information content (AvgIpc) is 2.78. The second-order valence-corrected chi connectivity index (χ2v) is 6.64. The molecule has 0 aromatic carbocycles. The van der Waals surface area contributed by atoms with E-state index < -0.39 is 0 Å². The van der Waals surface area contributed by atoms with Crippen molar-refractivity contribution in [1.82, 2.24) is 15.1 Å². The number of rotatable bonds is 4. The van der Waals surface area contributed by atoms with Gasteiger partial charge in [-0.2, -0.15) is 0 Å². The van der Waals surface area contributed by atoms with Crippen molar-refractivity contribution in [3.63, 3.8) is 0 Å². The van der Waals surface area contributed by atoms with Gasteiger partial charge in [0.2, 0.25) is 5.91 Å². The summed E-state index contributed by atoms with van der Waals surface area (Å²) in [6.45, 7) is 8.48. The van der Waals surface area contributed by atoms with E-state index in [4.69, 9.17) is 0 Å². The van der Waals surface area contributed by atoms with Crippen LogP contribution in [0.1, 0.15) is 52.9 Å². The van der Waals surface area contributed by atoms with Gasteiger partial charge in [0, 0.05) is 31.2 Å². The first kappa shape index (κ1) is 15.8. The van der Waals surface area contributed by atoms with Gasteiger partial charge >= 0.3 is 0 Å². The predicted molar refractivity (Wildman–Crippen MR) is 82.7 cm³/mol. The van der Waals surface area contributed by atoms with Crippen molar-refractivity contribution in [2.45, 2.75) is 77.0 Å². The maximum atomic E-state index is 12.9. The number of nitrogens with one attached hydrogen (secondary N) is 1. The van der Waals surface area contributed by atoms with E-state index in [1.54, 1.807) is 0 Å². The number of nitrogens with zero attached hydrogens (tertiary/aromatic N) is 2. The molecule has 4 nitrogen and oxygen atoms in total. The normalized spacial score (nSPS) is 33.4. The second-order valence-electron chi connectivity index (χ2n) is 6.64. The number of carbonyl (C=O) groups is 1. The molecule has 1 amide bonds. The molecule has 2 heterocycles. The van der Waals surface area contributed by atoms with E-state index in [0.29, 0.717) is 24.0 Å². The fraction of sp³-hybridized carbons (Fsp3) is 0.938. The molecule has 0 aromatic heterocycles. The molecule has 2 aliphatic heterocycles. The smallest absolute Gasteiger partial charge is 0.239 e. The van der Waals surface area contributed by atoms with Gasteiger partial charge in [-0.1, -0.05) is 0 Å². The zero-order valence-electron chi connectivity index (χ0n) is 13.6. The summed E-state index contributed by atoms with van der Waals surface area (Å²) in [7, 11) is 1.98. The van der Waals surface area contributed by atoms with Crippen LogP contribution < -0.4 is 5.32 Å². The fourth-order valence-corrected chi connectivity index (χ4v) is 4.08. The Balaban J connectivity index is 2.04. The summed E-state index contributed by atoms with van der Waals surface area (Å²) in [6.07, 6.45) is 5.99. The number of hydrogen-bond donors (Lipinski definition) is 1. The molecule has 1 N–H and O–H groups in total. The van der Waals surface area contributed by atoms with Gasteiger partial charge in [-0.25, -0.2) is 0 Å². The van der Waals surface area contributed by atoms with Gasteiger partial charge in [0.05, 0.1) is 6.04 Å². The largest absolute Gasteiger partial charge is 0.337 e. The van der Waals surface area contributed by atoms with Crippen molar-refractivity contribution in [2.75, 3.05) is 20.1 Å². The van der Waals surface area contributed by atoms with Crippen molar-refractivity contribution in [3.05, 3.63) is 0 Å². The Morgan fingerprint density at radius 2 is 1.85 bits per heavy atom. The lowest BCUT2D eigenvalue weighted by atomic mass is 10.0. The van der Waals surface area contributed by atoms with Crippen molar-refractivity contribution < 1.29 is 4.79 Å².